The number of hydrogen-bond acceptors (Lipinski definition) is 4. The fourth-order valence-corrected chi connectivity index (χ4v) is 2.10. The molecule has 0 saturated carbocycles. The molecule has 0 fully saturated rings. The second-order valence-corrected chi connectivity index (χ2v) is 6.44. The summed E-state index contributed by atoms with van der Waals surface area (Å²) < 4.78 is 5.43. The van der Waals surface area contributed by atoms with Crippen molar-refractivity contribution in [3.05, 3.63) is 35.9 Å². The number of benzene rings is 1. The summed E-state index contributed by atoms with van der Waals surface area (Å²) in [6.45, 7) is 7.18. The summed E-state index contributed by atoms with van der Waals surface area (Å²) in [6.07, 6.45) is 0.411. The van der Waals surface area contributed by atoms with Gasteiger partial charge in [-0.25, -0.2) is 0 Å². The molecule has 22 heavy (non-hydrogen) atoms. The Morgan fingerprint density at radius 1 is 1.23 bits per heavy atom. The fourth-order valence-electron chi connectivity index (χ4n) is 2.10. The van der Waals surface area contributed by atoms with Crippen LogP contribution in [0.4, 0.5) is 0 Å². The molecule has 0 bridgehead atoms. The van der Waals surface area contributed by atoms with Gasteiger partial charge in [-0.05, 0) is 39.7 Å². The highest BCUT2D eigenvalue weighted by atomic mass is 16.6. The summed E-state index contributed by atoms with van der Waals surface area (Å²) in [7, 11) is 0. The molecule has 5 heteroatoms. The van der Waals surface area contributed by atoms with Crippen LogP contribution < -0.4 is 5.32 Å². The lowest BCUT2D eigenvalue weighted by Gasteiger charge is -2.26. The van der Waals surface area contributed by atoms with Crippen molar-refractivity contribution in [1.82, 2.24) is 5.32 Å². The van der Waals surface area contributed by atoms with Crippen LogP contribution in [0, 0.1) is 0 Å². The summed E-state index contributed by atoms with van der Waals surface area (Å²) in [5, 5.41) is 11.9. The van der Waals surface area contributed by atoms with E-state index in [1.807, 2.05) is 51.1 Å². The largest absolute Gasteiger partial charge is 0.481 e. The fraction of sp³-hybridized carbons (Fsp3) is 0.529. The van der Waals surface area contributed by atoms with Crippen LogP contribution in [0.15, 0.2) is 30.3 Å². The molecule has 2 N–H and O–H groups in total. The van der Waals surface area contributed by atoms with Gasteiger partial charge in [-0.1, -0.05) is 30.3 Å². The van der Waals surface area contributed by atoms with Gasteiger partial charge in [0.1, 0.15) is 11.6 Å². The Balaban J connectivity index is 2.80. The van der Waals surface area contributed by atoms with Gasteiger partial charge in [0.25, 0.3) is 0 Å². The van der Waals surface area contributed by atoms with Gasteiger partial charge in [0, 0.05) is 6.04 Å². The molecule has 1 unspecified atom stereocenters. The molecular weight excluding hydrogens is 282 g/mol. The molecule has 0 radical (unpaired) electrons. The van der Waals surface area contributed by atoms with Gasteiger partial charge in [0.05, 0.1) is 6.42 Å². The number of ether oxygens (including phenoxy) is 1. The van der Waals surface area contributed by atoms with Crippen LogP contribution in [0.25, 0.3) is 0 Å². The molecule has 5 nitrogen and oxygen atoms in total. The number of carbonyl (C=O) groups excluding carboxylic acids is 1. The normalized spacial score (nSPS) is 14.2. The van der Waals surface area contributed by atoms with Crippen LogP contribution in [0.5, 0.6) is 0 Å². The molecule has 122 valence electrons. The Kier molecular flexibility index (Phi) is 6.56. The third-order valence-electron chi connectivity index (χ3n) is 2.94. The first-order valence-corrected chi connectivity index (χ1v) is 7.42. The number of nitrogens with one attached hydrogen (secondary N) is 1. The van der Waals surface area contributed by atoms with E-state index in [-0.39, 0.29) is 18.4 Å². The van der Waals surface area contributed by atoms with E-state index in [1.54, 1.807) is 6.92 Å². The zero-order chi connectivity index (χ0) is 16.8. The van der Waals surface area contributed by atoms with Crippen LogP contribution in [0.1, 0.15) is 39.7 Å². The Morgan fingerprint density at radius 2 is 1.82 bits per heavy atom. The van der Waals surface area contributed by atoms with Crippen LogP contribution in [0.2, 0.25) is 0 Å². The monoisotopic (exact) mass is 307 g/mol. The summed E-state index contributed by atoms with van der Waals surface area (Å²) in [5.74, 6) is -1.27. The highest BCUT2D eigenvalue weighted by molar-refractivity contribution is 5.77. The van der Waals surface area contributed by atoms with Crippen molar-refractivity contribution >= 4 is 11.9 Å². The number of carboxylic acid groups (broad SMARTS) is 1. The van der Waals surface area contributed by atoms with E-state index < -0.39 is 17.6 Å². The second-order valence-electron chi connectivity index (χ2n) is 6.44. The number of aliphatic carboxylic acids is 1. The standard InChI is InChI=1S/C17H25NO4/c1-12(10-15(19)20)18-14(16(21)22-17(2,3)4)11-13-8-6-5-7-9-13/h5-9,12,14,18H,10-11H2,1-4H3,(H,19,20)/t12?,14-/m0/s1. The lowest BCUT2D eigenvalue weighted by atomic mass is 10.0. The molecule has 1 aromatic carbocycles. The van der Waals surface area contributed by atoms with Crippen molar-refractivity contribution in [2.45, 2.75) is 58.2 Å². The molecule has 0 aliphatic carbocycles. The summed E-state index contributed by atoms with van der Waals surface area (Å²) >= 11 is 0. The minimum atomic E-state index is -0.900. The van der Waals surface area contributed by atoms with Crippen molar-refractivity contribution in [3.8, 4) is 0 Å². The van der Waals surface area contributed by atoms with Gasteiger partial charge >= 0.3 is 11.9 Å². The lowest BCUT2D eigenvalue weighted by molar-refractivity contribution is -0.158. The number of rotatable bonds is 7. The first-order chi connectivity index (χ1) is 10.2. The lowest BCUT2D eigenvalue weighted by Crippen LogP contribution is -2.47. The van der Waals surface area contributed by atoms with Gasteiger partial charge in [0.2, 0.25) is 0 Å². The minimum absolute atomic E-state index is 0.0475. The zero-order valence-electron chi connectivity index (χ0n) is 13.6. The average Bonchev–Trinajstić information content (AvgIpc) is 2.36. The molecule has 0 spiro atoms. The van der Waals surface area contributed by atoms with Crippen LogP contribution in [-0.2, 0) is 20.7 Å². The van der Waals surface area contributed by atoms with E-state index in [1.165, 1.54) is 0 Å². The van der Waals surface area contributed by atoms with E-state index in [2.05, 4.69) is 5.32 Å². The summed E-state index contributed by atoms with van der Waals surface area (Å²) in [6, 6.07) is 8.69. The molecule has 0 aromatic heterocycles. The molecule has 1 rings (SSSR count). The van der Waals surface area contributed by atoms with Crippen molar-refractivity contribution in [2.75, 3.05) is 0 Å². The number of carboxylic acids is 1. The zero-order valence-corrected chi connectivity index (χ0v) is 13.6. The number of esters is 1. The minimum Gasteiger partial charge on any atom is -0.481 e. The van der Waals surface area contributed by atoms with E-state index in [0.29, 0.717) is 6.42 Å². The maximum atomic E-state index is 12.4. The quantitative estimate of drug-likeness (QED) is 0.757. The summed E-state index contributed by atoms with van der Waals surface area (Å²) in [4.78, 5) is 23.1. The predicted molar refractivity (Wildman–Crippen MR) is 84.6 cm³/mol. The van der Waals surface area contributed by atoms with E-state index >= 15 is 0 Å². The highest BCUT2D eigenvalue weighted by Crippen LogP contribution is 2.12. The number of carbonyl (C=O) groups is 2. The topological polar surface area (TPSA) is 75.6 Å². The van der Waals surface area contributed by atoms with Crippen LogP contribution >= 0.6 is 0 Å². The predicted octanol–water partition coefficient (Wildman–Crippen LogP) is 2.39. The molecule has 2 atom stereocenters. The average molecular weight is 307 g/mol. The highest BCUT2D eigenvalue weighted by Gasteiger charge is 2.27. The Bertz CT molecular complexity index is 493. The smallest absolute Gasteiger partial charge is 0.324 e. The van der Waals surface area contributed by atoms with Crippen molar-refractivity contribution < 1.29 is 19.4 Å². The first-order valence-electron chi connectivity index (χ1n) is 7.42. The molecule has 0 aliphatic rings. The molecule has 0 heterocycles. The first kappa shape index (κ1) is 18.2. The van der Waals surface area contributed by atoms with Gasteiger partial charge in [-0.3, -0.25) is 9.59 Å². The third-order valence-corrected chi connectivity index (χ3v) is 2.94. The molecule has 1 aromatic rings. The van der Waals surface area contributed by atoms with Crippen LogP contribution in [-0.4, -0.2) is 34.7 Å². The third kappa shape index (κ3) is 7.22. The number of hydrogen-bond donors (Lipinski definition) is 2. The van der Waals surface area contributed by atoms with Crippen molar-refractivity contribution in [3.63, 3.8) is 0 Å². The van der Waals surface area contributed by atoms with Gasteiger partial charge < -0.3 is 15.2 Å². The Hall–Kier alpha value is -1.88. The van der Waals surface area contributed by atoms with E-state index in [0.717, 1.165) is 5.56 Å². The van der Waals surface area contributed by atoms with Crippen LogP contribution in [0.3, 0.4) is 0 Å². The molecule has 0 saturated heterocycles. The molecule has 0 aliphatic heterocycles. The van der Waals surface area contributed by atoms with E-state index in [4.69, 9.17) is 9.84 Å². The summed E-state index contributed by atoms with van der Waals surface area (Å²) in [5.41, 5.74) is 0.414. The SMILES string of the molecule is CC(CC(=O)O)N[C@@H](Cc1ccccc1)C(=O)OC(C)(C)C. The maximum Gasteiger partial charge on any atom is 0.324 e. The van der Waals surface area contributed by atoms with Gasteiger partial charge in [0.15, 0.2) is 0 Å². The second kappa shape index (κ2) is 7.94. The van der Waals surface area contributed by atoms with E-state index in [9.17, 15) is 9.59 Å². The van der Waals surface area contributed by atoms with Gasteiger partial charge in [-0.2, -0.15) is 0 Å². The molecular formula is C17H25NO4. The maximum absolute atomic E-state index is 12.4. The Labute approximate surface area is 131 Å². The molecule has 0 amide bonds. The van der Waals surface area contributed by atoms with Crippen molar-refractivity contribution in [2.24, 2.45) is 0 Å². The van der Waals surface area contributed by atoms with Crippen molar-refractivity contribution in [1.29, 1.82) is 0 Å². The Morgan fingerprint density at radius 3 is 2.32 bits per heavy atom. The van der Waals surface area contributed by atoms with Gasteiger partial charge in [-0.15, -0.1) is 0 Å².